The molecule has 0 spiro atoms. The number of Topliss-reactive ketones (excluding diaryl/α,β-unsaturated/α-hetero) is 1. The van der Waals surface area contributed by atoms with E-state index in [0.29, 0.717) is 12.0 Å². The first-order chi connectivity index (χ1) is 9.72. The van der Waals surface area contributed by atoms with Crippen LogP contribution in [-0.2, 0) is 11.2 Å². The van der Waals surface area contributed by atoms with Gasteiger partial charge in [-0.1, -0.05) is 36.4 Å². The lowest BCUT2D eigenvalue weighted by Gasteiger charge is -2.11. The third-order valence-electron chi connectivity index (χ3n) is 3.70. The van der Waals surface area contributed by atoms with Crippen LogP contribution in [-0.4, -0.2) is 18.9 Å². The fourth-order valence-corrected chi connectivity index (χ4v) is 2.75. The predicted molar refractivity (Wildman–Crippen MR) is 75.9 cm³/mol. The molecule has 0 atom stereocenters. The highest BCUT2D eigenvalue weighted by atomic mass is 16.5. The molecule has 1 aliphatic carbocycles. The van der Waals surface area contributed by atoms with Crippen LogP contribution in [0.1, 0.15) is 32.7 Å². The fraction of sp³-hybridized carbons (Fsp3) is 0.176. The second-order valence-electron chi connectivity index (χ2n) is 4.79. The summed E-state index contributed by atoms with van der Waals surface area (Å²) in [7, 11) is 1.37. The third kappa shape index (κ3) is 1.92. The zero-order chi connectivity index (χ0) is 14.1. The summed E-state index contributed by atoms with van der Waals surface area (Å²) in [6, 6.07) is 13.0. The van der Waals surface area contributed by atoms with Crippen molar-refractivity contribution in [1.82, 2.24) is 0 Å². The molecule has 0 heterocycles. The Balaban J connectivity index is 2.21. The Labute approximate surface area is 117 Å². The third-order valence-corrected chi connectivity index (χ3v) is 3.70. The summed E-state index contributed by atoms with van der Waals surface area (Å²) in [5, 5.41) is 0. The lowest BCUT2D eigenvalue weighted by atomic mass is 9.93. The van der Waals surface area contributed by atoms with Gasteiger partial charge in [0.1, 0.15) is 0 Å². The van der Waals surface area contributed by atoms with Gasteiger partial charge < -0.3 is 4.74 Å². The number of fused-ring (bicyclic) bond motifs is 1. The molecule has 0 fully saturated rings. The Morgan fingerprint density at radius 1 is 0.950 bits per heavy atom. The van der Waals surface area contributed by atoms with Crippen molar-refractivity contribution in [3.05, 3.63) is 59.2 Å². The van der Waals surface area contributed by atoms with E-state index < -0.39 is 0 Å². The van der Waals surface area contributed by atoms with Crippen molar-refractivity contribution in [2.24, 2.45) is 0 Å². The Hall–Kier alpha value is -2.42. The van der Waals surface area contributed by atoms with E-state index in [1.807, 2.05) is 36.4 Å². The van der Waals surface area contributed by atoms with Crippen LogP contribution in [0.3, 0.4) is 0 Å². The quantitative estimate of drug-likeness (QED) is 0.783. The number of hydrogen-bond acceptors (Lipinski definition) is 3. The molecule has 2 aromatic carbocycles. The second kappa shape index (κ2) is 4.93. The van der Waals surface area contributed by atoms with Gasteiger partial charge in [-0.15, -0.1) is 0 Å². The lowest BCUT2D eigenvalue weighted by molar-refractivity contribution is 0.0601. The van der Waals surface area contributed by atoms with Crippen molar-refractivity contribution in [3.63, 3.8) is 0 Å². The standard InChI is InChI=1S/C17H14O3/c1-20-17(19)15-6-3-2-5-12(15)11-7-4-8-14-13(11)9-10-16(14)18/h2-8H,9-10H2,1H3. The van der Waals surface area contributed by atoms with Crippen molar-refractivity contribution in [3.8, 4) is 11.1 Å². The van der Waals surface area contributed by atoms with E-state index in [2.05, 4.69) is 0 Å². The summed E-state index contributed by atoms with van der Waals surface area (Å²) < 4.78 is 4.83. The molecule has 1 aliphatic rings. The Kier molecular flexibility index (Phi) is 3.11. The van der Waals surface area contributed by atoms with Gasteiger partial charge >= 0.3 is 5.97 Å². The first kappa shape index (κ1) is 12.6. The molecule has 0 amide bonds. The summed E-state index contributed by atoms with van der Waals surface area (Å²) >= 11 is 0. The van der Waals surface area contributed by atoms with Crippen LogP contribution in [0.25, 0.3) is 11.1 Å². The molecule has 0 saturated carbocycles. The van der Waals surface area contributed by atoms with Crippen LogP contribution in [0.5, 0.6) is 0 Å². The van der Waals surface area contributed by atoms with Gasteiger partial charge in [-0.05, 0) is 29.2 Å². The monoisotopic (exact) mass is 266 g/mol. The number of esters is 1. The van der Waals surface area contributed by atoms with Crippen LogP contribution < -0.4 is 0 Å². The summed E-state index contributed by atoms with van der Waals surface area (Å²) in [6.07, 6.45) is 1.28. The molecule has 2 aromatic rings. The van der Waals surface area contributed by atoms with Crippen molar-refractivity contribution in [1.29, 1.82) is 0 Å². The second-order valence-corrected chi connectivity index (χ2v) is 4.79. The zero-order valence-electron chi connectivity index (χ0n) is 11.2. The van der Waals surface area contributed by atoms with Crippen molar-refractivity contribution < 1.29 is 14.3 Å². The summed E-state index contributed by atoms with van der Waals surface area (Å²) in [6.45, 7) is 0. The smallest absolute Gasteiger partial charge is 0.338 e. The van der Waals surface area contributed by atoms with Gasteiger partial charge in [0.05, 0.1) is 12.7 Å². The first-order valence-electron chi connectivity index (χ1n) is 6.55. The zero-order valence-corrected chi connectivity index (χ0v) is 11.2. The highest BCUT2D eigenvalue weighted by Gasteiger charge is 2.24. The van der Waals surface area contributed by atoms with E-state index in [9.17, 15) is 9.59 Å². The Morgan fingerprint density at radius 2 is 1.65 bits per heavy atom. The molecule has 0 bridgehead atoms. The van der Waals surface area contributed by atoms with E-state index in [1.54, 1.807) is 6.07 Å². The Morgan fingerprint density at radius 3 is 2.45 bits per heavy atom. The maximum absolute atomic E-state index is 11.9. The van der Waals surface area contributed by atoms with Crippen LogP contribution in [0.15, 0.2) is 42.5 Å². The highest BCUT2D eigenvalue weighted by Crippen LogP contribution is 2.34. The molecule has 3 heteroatoms. The van der Waals surface area contributed by atoms with Crippen molar-refractivity contribution >= 4 is 11.8 Å². The maximum atomic E-state index is 11.9. The van der Waals surface area contributed by atoms with Crippen molar-refractivity contribution in [2.75, 3.05) is 7.11 Å². The topological polar surface area (TPSA) is 43.4 Å². The van der Waals surface area contributed by atoms with Gasteiger partial charge in [-0.25, -0.2) is 4.79 Å². The van der Waals surface area contributed by atoms with Crippen LogP contribution >= 0.6 is 0 Å². The van der Waals surface area contributed by atoms with E-state index in [0.717, 1.165) is 28.7 Å². The number of hydrogen-bond donors (Lipinski definition) is 0. The number of carbonyl (C=O) groups is 2. The molecular weight excluding hydrogens is 252 g/mol. The van der Waals surface area contributed by atoms with Gasteiger partial charge in [0.25, 0.3) is 0 Å². The summed E-state index contributed by atoms with van der Waals surface area (Å²) in [5.41, 5.74) is 4.12. The number of ether oxygens (including phenoxy) is 1. The van der Waals surface area contributed by atoms with E-state index in [1.165, 1.54) is 7.11 Å². The minimum Gasteiger partial charge on any atom is -0.465 e. The molecule has 0 saturated heterocycles. The molecule has 3 rings (SSSR count). The molecule has 0 N–H and O–H groups in total. The molecule has 0 unspecified atom stereocenters. The van der Waals surface area contributed by atoms with Gasteiger partial charge in [-0.3, -0.25) is 4.79 Å². The van der Waals surface area contributed by atoms with Gasteiger partial charge in [0, 0.05) is 12.0 Å². The average Bonchev–Trinajstić information content (AvgIpc) is 2.88. The van der Waals surface area contributed by atoms with Crippen LogP contribution in [0.2, 0.25) is 0 Å². The molecular formula is C17H14O3. The lowest BCUT2D eigenvalue weighted by Crippen LogP contribution is -2.04. The molecule has 100 valence electrons. The normalized spacial score (nSPS) is 13.2. The predicted octanol–water partition coefficient (Wildman–Crippen LogP) is 3.27. The van der Waals surface area contributed by atoms with Gasteiger partial charge in [0.15, 0.2) is 5.78 Å². The number of rotatable bonds is 2. The number of methoxy groups -OCH3 is 1. The minimum absolute atomic E-state index is 0.178. The summed E-state index contributed by atoms with van der Waals surface area (Å²) in [5.74, 6) is -0.181. The fourth-order valence-electron chi connectivity index (χ4n) is 2.75. The molecule has 20 heavy (non-hydrogen) atoms. The molecule has 0 aromatic heterocycles. The molecule has 0 radical (unpaired) electrons. The average molecular weight is 266 g/mol. The van der Waals surface area contributed by atoms with E-state index in [-0.39, 0.29) is 11.8 Å². The van der Waals surface area contributed by atoms with E-state index >= 15 is 0 Å². The SMILES string of the molecule is COC(=O)c1ccccc1-c1cccc2c1CCC2=O. The van der Waals surface area contributed by atoms with Gasteiger partial charge in [-0.2, -0.15) is 0 Å². The first-order valence-corrected chi connectivity index (χ1v) is 6.55. The number of carbonyl (C=O) groups excluding carboxylic acids is 2. The highest BCUT2D eigenvalue weighted by molar-refractivity contribution is 6.04. The van der Waals surface area contributed by atoms with E-state index in [4.69, 9.17) is 4.74 Å². The molecule has 0 aliphatic heterocycles. The Bertz CT molecular complexity index is 701. The van der Waals surface area contributed by atoms with Crippen molar-refractivity contribution in [2.45, 2.75) is 12.8 Å². The van der Waals surface area contributed by atoms with Crippen LogP contribution in [0, 0.1) is 0 Å². The van der Waals surface area contributed by atoms with Crippen LogP contribution in [0.4, 0.5) is 0 Å². The maximum Gasteiger partial charge on any atom is 0.338 e. The largest absolute Gasteiger partial charge is 0.465 e. The minimum atomic E-state index is -0.359. The number of benzene rings is 2. The van der Waals surface area contributed by atoms with Gasteiger partial charge in [0.2, 0.25) is 0 Å². The molecule has 3 nitrogen and oxygen atoms in total. The number of ketones is 1. The summed E-state index contributed by atoms with van der Waals surface area (Å²) in [4.78, 5) is 23.7.